The van der Waals surface area contributed by atoms with Crippen molar-refractivity contribution < 1.29 is 17.1 Å². The summed E-state index contributed by atoms with van der Waals surface area (Å²) in [5, 5.41) is 3.02. The quantitative estimate of drug-likeness (QED) is 0.221. The van der Waals surface area contributed by atoms with Crippen LogP contribution in [0.3, 0.4) is 0 Å². The Morgan fingerprint density at radius 3 is 1.44 bits per heavy atom. The first-order valence-electron chi connectivity index (χ1n) is 14.9. The molecule has 0 N–H and O–H groups in total. The Balaban J connectivity index is 0.000000530. The van der Waals surface area contributed by atoms with E-state index in [4.69, 9.17) is 0 Å². The third-order valence-corrected chi connectivity index (χ3v) is 14.8. The first kappa shape index (κ1) is 31.7. The Morgan fingerprint density at radius 2 is 1.00 bits per heavy atom. The van der Waals surface area contributed by atoms with E-state index in [2.05, 4.69) is 86.8 Å². The van der Waals surface area contributed by atoms with E-state index < -0.39 is 7.92 Å². The van der Waals surface area contributed by atoms with Crippen LogP contribution in [0.5, 0.6) is 0 Å². The summed E-state index contributed by atoms with van der Waals surface area (Å²) in [7, 11) is -0.489. The van der Waals surface area contributed by atoms with Gasteiger partial charge in [0.1, 0.15) is 0 Å². The largest absolute Gasteiger partial charge is 2.00 e. The Morgan fingerprint density at radius 1 is 0.564 bits per heavy atom. The van der Waals surface area contributed by atoms with Gasteiger partial charge in [0.15, 0.2) is 0 Å². The first-order chi connectivity index (χ1) is 18.8. The summed E-state index contributed by atoms with van der Waals surface area (Å²) in [6.45, 7) is 2.53. The van der Waals surface area contributed by atoms with Gasteiger partial charge in [0.25, 0.3) is 0 Å². The molecule has 6 rings (SSSR count). The molecule has 0 aromatic heterocycles. The molecule has 0 bridgehead atoms. The van der Waals surface area contributed by atoms with E-state index in [1.54, 1.807) is 11.6 Å². The molecule has 0 nitrogen and oxygen atoms in total. The second kappa shape index (κ2) is 17.1. The molecule has 39 heavy (non-hydrogen) atoms. The van der Waals surface area contributed by atoms with Crippen molar-refractivity contribution in [1.82, 2.24) is 0 Å². The maximum atomic E-state index is 2.56. The topological polar surface area (TPSA) is 0 Å². The molecule has 4 aliphatic rings. The van der Waals surface area contributed by atoms with Crippen molar-refractivity contribution in [1.29, 1.82) is 0 Å². The van der Waals surface area contributed by atoms with Crippen molar-refractivity contribution in [2.24, 2.45) is 0 Å². The molecule has 2 aromatic carbocycles. The molecule has 204 valence electrons. The number of hydrogen-bond acceptors (Lipinski definition) is 0. The monoisotopic (exact) mass is 594 g/mol. The fourth-order valence-electron chi connectivity index (χ4n) is 6.66. The Kier molecular flexibility index (Phi) is 13.9. The Labute approximate surface area is 254 Å². The normalized spacial score (nSPS) is 22.4. The smallest absolute Gasteiger partial charge is 0.0921 e. The third kappa shape index (κ3) is 8.67. The average Bonchev–Trinajstić information content (AvgIpc) is 3.72. The van der Waals surface area contributed by atoms with Gasteiger partial charge in [-0.2, -0.15) is 0 Å². The molecule has 0 amide bonds. The summed E-state index contributed by atoms with van der Waals surface area (Å²) in [4.78, 5) is 0. The van der Waals surface area contributed by atoms with Gasteiger partial charge in [-0.05, 0) is 118 Å². The summed E-state index contributed by atoms with van der Waals surface area (Å²) in [6.07, 6.45) is 32.1. The molecule has 3 heteroatoms. The summed E-state index contributed by atoms with van der Waals surface area (Å²) in [5.74, 6) is 1.68. The van der Waals surface area contributed by atoms with Gasteiger partial charge in [-0.1, -0.05) is 114 Å². The zero-order valence-corrected chi connectivity index (χ0v) is 26.3. The standard InChI is InChI=1S/C31H39P2.C5H5.Fe/c1-25(32(26-15-6-2-7-16-26)27-17-8-3-9-18-27)30-23-14-24-31(30)33(28-19-10-4-11-20-28)29-21-12-5-13-22-29;1-2-4-5-3-1;/h2-3,6-9,14-18,23-25,28-29H,4-5,10-13,19-22H2,1H3;1-5H;/q;;+2/t25-;;/m1../s1. The number of rotatable bonds is 7. The van der Waals surface area contributed by atoms with Gasteiger partial charge >= 0.3 is 17.1 Å². The molecule has 1 atom stereocenters. The van der Waals surface area contributed by atoms with Crippen LogP contribution >= 0.6 is 15.8 Å². The van der Waals surface area contributed by atoms with Gasteiger partial charge < -0.3 is 0 Å². The van der Waals surface area contributed by atoms with Crippen molar-refractivity contribution in [3.05, 3.63) is 124 Å². The van der Waals surface area contributed by atoms with Crippen LogP contribution in [0.2, 0.25) is 0 Å². The summed E-state index contributed by atoms with van der Waals surface area (Å²) < 4.78 is 0. The van der Waals surface area contributed by atoms with Crippen LogP contribution in [0, 0.1) is 62.9 Å². The predicted octanol–water partition coefficient (Wildman–Crippen LogP) is 9.41. The van der Waals surface area contributed by atoms with E-state index in [0.29, 0.717) is 5.66 Å². The maximum absolute atomic E-state index is 2.56. The van der Waals surface area contributed by atoms with Gasteiger partial charge in [0, 0.05) is 5.66 Å². The summed E-state index contributed by atoms with van der Waals surface area (Å²) in [6, 6.07) is 22.7. The van der Waals surface area contributed by atoms with Crippen LogP contribution in [0.25, 0.3) is 0 Å². The molecular formula is C36H44FeP2+2. The van der Waals surface area contributed by atoms with Gasteiger partial charge in [-0.25, -0.2) is 0 Å². The minimum atomic E-state index is -0.428. The van der Waals surface area contributed by atoms with Crippen LogP contribution in [0.4, 0.5) is 0 Å². The molecule has 4 saturated carbocycles. The molecule has 4 aliphatic carbocycles. The minimum Gasteiger partial charge on any atom is -0.0921 e. The van der Waals surface area contributed by atoms with E-state index in [-0.39, 0.29) is 25.0 Å². The fourth-order valence-corrected chi connectivity index (χ4v) is 13.5. The van der Waals surface area contributed by atoms with Crippen molar-refractivity contribution >= 4 is 26.5 Å². The fraction of sp³-hybridized carbons (Fsp3) is 0.389. The van der Waals surface area contributed by atoms with Gasteiger partial charge in [-0.15, -0.1) is 0 Å². The SMILES string of the molecule is C[C@H]([C]1[CH][CH][CH][C]1P(C1CCCCC1)C1CCCCC1)P(c1ccccc1)c1ccccc1.[CH]1[CH][CH][CH][CH]1.[Fe+2]. The van der Waals surface area contributed by atoms with E-state index in [1.165, 1.54) is 74.8 Å². The van der Waals surface area contributed by atoms with Gasteiger partial charge in [0.2, 0.25) is 0 Å². The van der Waals surface area contributed by atoms with Crippen molar-refractivity contribution in [2.45, 2.75) is 88.1 Å². The van der Waals surface area contributed by atoms with Crippen molar-refractivity contribution in [3.8, 4) is 0 Å². The van der Waals surface area contributed by atoms with Crippen LogP contribution in [0.1, 0.15) is 71.1 Å². The zero-order chi connectivity index (χ0) is 26.0. The molecule has 0 spiro atoms. The number of hydrogen-bond donors (Lipinski definition) is 0. The summed E-state index contributed by atoms with van der Waals surface area (Å²) in [5.41, 5.74) is 4.26. The van der Waals surface area contributed by atoms with Crippen molar-refractivity contribution in [2.75, 3.05) is 0 Å². The second-order valence-electron chi connectivity index (χ2n) is 11.0. The molecule has 4 fully saturated rings. The molecule has 0 saturated heterocycles. The van der Waals surface area contributed by atoms with E-state index >= 15 is 0 Å². The van der Waals surface area contributed by atoms with Crippen molar-refractivity contribution in [3.63, 3.8) is 0 Å². The molecule has 2 aromatic rings. The summed E-state index contributed by atoms with van der Waals surface area (Å²) >= 11 is 0. The van der Waals surface area contributed by atoms with Crippen LogP contribution < -0.4 is 10.6 Å². The molecular weight excluding hydrogens is 550 g/mol. The Hall–Kier alpha value is -0.181. The molecule has 0 aliphatic heterocycles. The van der Waals surface area contributed by atoms with Crippen LogP contribution in [-0.4, -0.2) is 17.0 Å². The van der Waals surface area contributed by atoms with Crippen LogP contribution in [0.15, 0.2) is 60.7 Å². The van der Waals surface area contributed by atoms with E-state index in [1.807, 2.05) is 32.1 Å². The Bertz CT molecular complexity index is 837. The molecule has 0 unspecified atom stereocenters. The van der Waals surface area contributed by atoms with E-state index in [0.717, 1.165) is 11.3 Å². The van der Waals surface area contributed by atoms with Gasteiger partial charge in [-0.3, -0.25) is 0 Å². The first-order valence-corrected chi connectivity index (χ1v) is 17.8. The van der Waals surface area contributed by atoms with Crippen LogP contribution in [-0.2, 0) is 17.1 Å². The predicted molar refractivity (Wildman–Crippen MR) is 170 cm³/mol. The second-order valence-corrected chi connectivity index (χ2v) is 16.3. The zero-order valence-electron chi connectivity index (χ0n) is 23.4. The third-order valence-electron chi connectivity index (χ3n) is 8.50. The van der Waals surface area contributed by atoms with Gasteiger partial charge in [0.05, 0.1) is 0 Å². The minimum absolute atomic E-state index is 0. The maximum Gasteiger partial charge on any atom is 2.00 e. The molecule has 10 radical (unpaired) electrons. The van der Waals surface area contributed by atoms with E-state index in [9.17, 15) is 0 Å². The number of benzene rings is 2. The average molecular weight is 595 g/mol. The molecule has 0 heterocycles.